The van der Waals surface area contributed by atoms with Crippen molar-refractivity contribution in [3.63, 3.8) is 0 Å². The average molecular weight is 211 g/mol. The van der Waals surface area contributed by atoms with Crippen LogP contribution in [0.15, 0.2) is 0 Å². The summed E-state index contributed by atoms with van der Waals surface area (Å²) in [6.07, 6.45) is 0.889. The molecule has 5 N–H and O–H groups in total. The van der Waals surface area contributed by atoms with Crippen LogP contribution in [0.25, 0.3) is 0 Å². The van der Waals surface area contributed by atoms with E-state index in [-0.39, 0.29) is 5.82 Å². The van der Waals surface area contributed by atoms with Crippen LogP contribution in [-0.2, 0) is 0 Å². The zero-order valence-electron chi connectivity index (χ0n) is 9.08. The van der Waals surface area contributed by atoms with Gasteiger partial charge in [0.1, 0.15) is 5.69 Å². The van der Waals surface area contributed by atoms with Gasteiger partial charge in [-0.1, -0.05) is 6.92 Å². The van der Waals surface area contributed by atoms with E-state index in [1.165, 1.54) is 0 Å². The fraction of sp³-hybridized carbons (Fsp3) is 0.556. The highest BCUT2D eigenvalue weighted by atomic mass is 16.5. The van der Waals surface area contributed by atoms with Crippen molar-refractivity contribution in [3.05, 3.63) is 0 Å². The van der Waals surface area contributed by atoms with Crippen molar-refractivity contribution in [2.24, 2.45) is 0 Å². The molecule has 0 fully saturated rings. The molecule has 1 aromatic heterocycles. The Balaban J connectivity index is 2.91. The Morgan fingerprint density at radius 2 is 2.00 bits per heavy atom. The summed E-state index contributed by atoms with van der Waals surface area (Å²) in [7, 11) is 0. The summed E-state index contributed by atoms with van der Waals surface area (Å²) in [5, 5.41) is 2.95. The fourth-order valence-electron chi connectivity index (χ4n) is 1.01. The van der Waals surface area contributed by atoms with Crippen LogP contribution in [0.3, 0.4) is 0 Å². The van der Waals surface area contributed by atoms with E-state index < -0.39 is 0 Å². The van der Waals surface area contributed by atoms with E-state index in [0.29, 0.717) is 24.1 Å². The normalized spacial score (nSPS) is 10.0. The third-order valence-corrected chi connectivity index (χ3v) is 1.72. The molecule has 1 heterocycles. The van der Waals surface area contributed by atoms with Crippen LogP contribution in [0, 0.1) is 0 Å². The van der Waals surface area contributed by atoms with Crippen LogP contribution in [0.2, 0.25) is 0 Å². The minimum absolute atomic E-state index is 0.243. The van der Waals surface area contributed by atoms with Crippen molar-refractivity contribution in [1.82, 2.24) is 9.97 Å². The van der Waals surface area contributed by atoms with Gasteiger partial charge in [-0.2, -0.15) is 9.97 Å². The van der Waals surface area contributed by atoms with E-state index in [1.807, 2.05) is 13.8 Å². The minimum Gasteiger partial charge on any atom is -0.476 e. The second-order valence-corrected chi connectivity index (χ2v) is 3.03. The lowest BCUT2D eigenvalue weighted by Gasteiger charge is -2.10. The van der Waals surface area contributed by atoms with Crippen molar-refractivity contribution < 1.29 is 4.74 Å². The molecule has 0 unspecified atom stereocenters. The molecule has 6 heteroatoms. The number of rotatable bonds is 5. The van der Waals surface area contributed by atoms with Crippen LogP contribution in [0.5, 0.6) is 5.88 Å². The van der Waals surface area contributed by atoms with Gasteiger partial charge in [0.2, 0.25) is 11.8 Å². The average Bonchev–Trinajstić information content (AvgIpc) is 2.21. The lowest BCUT2D eigenvalue weighted by atomic mass is 10.4. The molecule has 0 aliphatic heterocycles. The second kappa shape index (κ2) is 5.23. The highest BCUT2D eigenvalue weighted by Gasteiger charge is 2.09. The van der Waals surface area contributed by atoms with Crippen molar-refractivity contribution in [3.8, 4) is 5.88 Å². The largest absolute Gasteiger partial charge is 0.476 e. The zero-order valence-corrected chi connectivity index (χ0v) is 9.08. The van der Waals surface area contributed by atoms with E-state index in [4.69, 9.17) is 16.2 Å². The Kier molecular flexibility index (Phi) is 3.96. The number of aromatic nitrogens is 2. The molecule has 1 aromatic rings. The highest BCUT2D eigenvalue weighted by molar-refractivity contribution is 5.66. The molecule has 84 valence electrons. The Bertz CT molecular complexity index is 329. The molecule has 0 amide bonds. The maximum absolute atomic E-state index is 5.69. The van der Waals surface area contributed by atoms with Crippen LogP contribution in [-0.4, -0.2) is 23.1 Å². The molecular formula is C9H17N5O. The van der Waals surface area contributed by atoms with Gasteiger partial charge in [0, 0.05) is 6.54 Å². The van der Waals surface area contributed by atoms with Crippen molar-refractivity contribution in [2.45, 2.75) is 20.3 Å². The van der Waals surface area contributed by atoms with Crippen molar-refractivity contribution >= 4 is 17.5 Å². The third kappa shape index (κ3) is 2.87. The topological polar surface area (TPSA) is 99.1 Å². The van der Waals surface area contributed by atoms with Gasteiger partial charge in [-0.05, 0) is 13.3 Å². The number of ether oxygens (including phenoxy) is 1. The SMILES string of the molecule is CCCOc1nc(NCC)nc(N)c1N. The maximum Gasteiger partial charge on any atom is 0.244 e. The van der Waals surface area contributed by atoms with Gasteiger partial charge in [0.25, 0.3) is 0 Å². The molecule has 0 aliphatic rings. The standard InChI is InChI=1S/C9H17N5O/c1-3-5-15-8-6(10)7(11)13-9(14-8)12-4-2/h3-5,10H2,1-2H3,(H3,11,12,13,14). The van der Waals surface area contributed by atoms with Crippen LogP contribution < -0.4 is 21.5 Å². The molecule has 0 atom stereocenters. The van der Waals surface area contributed by atoms with Gasteiger partial charge in [-0.15, -0.1) is 0 Å². The first kappa shape index (κ1) is 11.4. The molecule has 0 spiro atoms. The summed E-state index contributed by atoms with van der Waals surface area (Å²) in [6, 6.07) is 0. The lowest BCUT2D eigenvalue weighted by Crippen LogP contribution is -2.10. The first-order chi connectivity index (χ1) is 7.19. The monoisotopic (exact) mass is 211 g/mol. The summed E-state index contributed by atoms with van der Waals surface area (Å²) in [4.78, 5) is 8.09. The number of nitrogen functional groups attached to an aromatic ring is 2. The quantitative estimate of drug-likeness (QED) is 0.668. The van der Waals surface area contributed by atoms with E-state index in [1.54, 1.807) is 0 Å². The smallest absolute Gasteiger partial charge is 0.244 e. The van der Waals surface area contributed by atoms with Crippen molar-refractivity contribution in [1.29, 1.82) is 0 Å². The van der Waals surface area contributed by atoms with Gasteiger partial charge in [0.05, 0.1) is 6.61 Å². The van der Waals surface area contributed by atoms with Crippen LogP contribution >= 0.6 is 0 Å². The fourth-order valence-corrected chi connectivity index (χ4v) is 1.01. The molecule has 0 bridgehead atoms. The van der Waals surface area contributed by atoms with Crippen molar-refractivity contribution in [2.75, 3.05) is 29.9 Å². The second-order valence-electron chi connectivity index (χ2n) is 3.03. The van der Waals surface area contributed by atoms with Gasteiger partial charge in [0.15, 0.2) is 5.82 Å². The first-order valence-corrected chi connectivity index (χ1v) is 4.98. The van der Waals surface area contributed by atoms with Crippen LogP contribution in [0.1, 0.15) is 20.3 Å². The van der Waals surface area contributed by atoms with E-state index >= 15 is 0 Å². The third-order valence-electron chi connectivity index (χ3n) is 1.72. The molecule has 0 saturated heterocycles. The van der Waals surface area contributed by atoms with Gasteiger partial charge >= 0.3 is 0 Å². The Labute approximate surface area is 89.0 Å². The number of nitrogens with zero attached hydrogens (tertiary/aromatic N) is 2. The molecule has 0 aliphatic carbocycles. The first-order valence-electron chi connectivity index (χ1n) is 4.98. The number of nitrogens with two attached hydrogens (primary N) is 2. The number of hydrogen-bond donors (Lipinski definition) is 3. The molecular weight excluding hydrogens is 194 g/mol. The molecule has 0 radical (unpaired) electrons. The Morgan fingerprint density at radius 1 is 1.27 bits per heavy atom. The minimum atomic E-state index is 0.243. The van der Waals surface area contributed by atoms with Gasteiger partial charge in [-0.25, -0.2) is 0 Å². The number of nitrogens with one attached hydrogen (secondary N) is 1. The highest BCUT2D eigenvalue weighted by Crippen LogP contribution is 2.25. The van der Waals surface area contributed by atoms with Gasteiger partial charge in [-0.3, -0.25) is 0 Å². The van der Waals surface area contributed by atoms with E-state index in [2.05, 4.69) is 15.3 Å². The van der Waals surface area contributed by atoms with E-state index in [9.17, 15) is 0 Å². The molecule has 6 nitrogen and oxygen atoms in total. The van der Waals surface area contributed by atoms with Crippen LogP contribution in [0.4, 0.5) is 17.5 Å². The summed E-state index contributed by atoms with van der Waals surface area (Å²) >= 11 is 0. The summed E-state index contributed by atoms with van der Waals surface area (Å²) in [5.41, 5.74) is 11.6. The van der Waals surface area contributed by atoms with Gasteiger partial charge < -0.3 is 21.5 Å². The summed E-state index contributed by atoms with van der Waals surface area (Å²) < 4.78 is 5.36. The Hall–Kier alpha value is -1.72. The number of anilines is 3. The predicted molar refractivity (Wildman–Crippen MR) is 60.8 cm³/mol. The molecule has 0 aromatic carbocycles. The Morgan fingerprint density at radius 3 is 2.60 bits per heavy atom. The lowest BCUT2D eigenvalue weighted by molar-refractivity contribution is 0.307. The summed E-state index contributed by atoms with van der Waals surface area (Å²) in [5.74, 6) is 1.03. The molecule has 15 heavy (non-hydrogen) atoms. The van der Waals surface area contributed by atoms with E-state index in [0.717, 1.165) is 13.0 Å². The zero-order chi connectivity index (χ0) is 11.3. The number of hydrogen-bond acceptors (Lipinski definition) is 6. The predicted octanol–water partition coefficient (Wildman–Crippen LogP) is 0.862. The maximum atomic E-state index is 5.69. The molecule has 1 rings (SSSR count). The summed E-state index contributed by atoms with van der Waals surface area (Å²) in [6.45, 7) is 5.23. The molecule has 0 saturated carbocycles.